The van der Waals surface area contributed by atoms with Gasteiger partial charge in [0.25, 0.3) is 0 Å². The Morgan fingerprint density at radius 1 is 1.24 bits per heavy atom. The van der Waals surface area contributed by atoms with Crippen LogP contribution in [0.3, 0.4) is 0 Å². The summed E-state index contributed by atoms with van der Waals surface area (Å²) in [5, 5.41) is 3.23. The lowest BCUT2D eigenvalue weighted by atomic mass is 9.94. The Hall–Kier alpha value is -2.66. The molecule has 2 aromatic heterocycles. The van der Waals surface area contributed by atoms with E-state index < -0.39 is 5.54 Å². The summed E-state index contributed by atoms with van der Waals surface area (Å²) >= 11 is 6.14. The Balaban J connectivity index is 1.78. The molecule has 128 valence electrons. The minimum absolute atomic E-state index is 0.281. The van der Waals surface area contributed by atoms with Gasteiger partial charge in [-0.1, -0.05) is 29.8 Å². The molecular weight excluding hydrogens is 341 g/mol. The van der Waals surface area contributed by atoms with Crippen molar-refractivity contribution in [1.29, 1.82) is 0 Å². The fourth-order valence-electron chi connectivity index (χ4n) is 2.58. The van der Waals surface area contributed by atoms with Gasteiger partial charge >= 0.3 is 0 Å². The molecule has 1 N–H and O–H groups in total. The van der Waals surface area contributed by atoms with E-state index in [2.05, 4.69) is 10.3 Å². The van der Waals surface area contributed by atoms with E-state index in [1.165, 1.54) is 18.2 Å². The smallest absolute Gasteiger partial charge is 0.244 e. The Bertz CT molecular complexity index is 945. The molecule has 6 heteroatoms. The fraction of sp³-hybridized carbons (Fsp3) is 0.158. The second kappa shape index (κ2) is 6.69. The molecule has 0 fully saturated rings. The van der Waals surface area contributed by atoms with Crippen LogP contribution >= 0.6 is 11.6 Å². The topological polar surface area (TPSA) is 46.4 Å². The molecule has 0 atom stereocenters. The van der Waals surface area contributed by atoms with Gasteiger partial charge in [0.15, 0.2) is 5.15 Å². The molecule has 4 nitrogen and oxygen atoms in total. The third kappa shape index (κ3) is 3.72. The van der Waals surface area contributed by atoms with Crippen molar-refractivity contribution in [3.63, 3.8) is 0 Å². The summed E-state index contributed by atoms with van der Waals surface area (Å²) in [7, 11) is 0. The summed E-state index contributed by atoms with van der Waals surface area (Å²) < 4.78 is 14.9. The highest BCUT2D eigenvalue weighted by atomic mass is 35.5. The van der Waals surface area contributed by atoms with E-state index in [1.807, 2.05) is 38.2 Å². The summed E-state index contributed by atoms with van der Waals surface area (Å²) in [5.74, 6) is -0.593. The standard InChI is InChI=1S/C19H17ClFN3O/c1-19(2,13-6-8-14(21)9-7-13)23-17(25)11-10-15-18(20)22-16-5-3-4-12-24(15)16/h3-12H,1-2H3,(H,23,25)/b11-10+. The lowest BCUT2D eigenvalue weighted by Gasteiger charge is -2.26. The lowest BCUT2D eigenvalue weighted by molar-refractivity contribution is -0.118. The number of carbonyl (C=O) groups is 1. The number of benzene rings is 1. The predicted molar refractivity (Wildman–Crippen MR) is 96.8 cm³/mol. The van der Waals surface area contributed by atoms with Crippen LogP contribution in [0.2, 0.25) is 5.15 Å². The zero-order chi connectivity index (χ0) is 18.0. The molecule has 0 unspecified atom stereocenters. The van der Waals surface area contributed by atoms with Crippen molar-refractivity contribution in [1.82, 2.24) is 14.7 Å². The first kappa shape index (κ1) is 17.2. The number of pyridine rings is 1. The van der Waals surface area contributed by atoms with E-state index in [0.29, 0.717) is 16.5 Å². The first-order valence-corrected chi connectivity index (χ1v) is 8.13. The summed E-state index contributed by atoms with van der Waals surface area (Å²) in [6.07, 6.45) is 4.86. The minimum Gasteiger partial charge on any atom is -0.344 e. The number of aromatic nitrogens is 2. The van der Waals surface area contributed by atoms with Gasteiger partial charge in [-0.05, 0) is 49.8 Å². The normalized spacial score (nSPS) is 12.0. The summed E-state index contributed by atoms with van der Waals surface area (Å²) in [6.45, 7) is 3.71. The number of rotatable bonds is 4. The molecular formula is C19H17ClFN3O. The highest BCUT2D eigenvalue weighted by molar-refractivity contribution is 6.31. The molecule has 0 spiro atoms. The number of nitrogens with zero attached hydrogens (tertiary/aromatic N) is 2. The molecule has 0 aliphatic carbocycles. The Labute approximate surface area is 150 Å². The van der Waals surface area contributed by atoms with Gasteiger partial charge in [0.1, 0.15) is 11.5 Å². The molecule has 0 aliphatic heterocycles. The quantitative estimate of drug-likeness (QED) is 0.711. The molecule has 0 aliphatic rings. The molecule has 2 heterocycles. The van der Waals surface area contributed by atoms with Gasteiger partial charge in [-0.25, -0.2) is 9.37 Å². The second-order valence-electron chi connectivity index (χ2n) is 6.17. The lowest BCUT2D eigenvalue weighted by Crippen LogP contribution is -2.40. The van der Waals surface area contributed by atoms with Gasteiger partial charge in [-0.2, -0.15) is 0 Å². The number of hydrogen-bond donors (Lipinski definition) is 1. The van der Waals surface area contributed by atoms with E-state index in [1.54, 1.807) is 22.6 Å². The molecule has 0 saturated carbocycles. The van der Waals surface area contributed by atoms with E-state index in [4.69, 9.17) is 11.6 Å². The SMILES string of the molecule is CC(C)(NC(=O)/C=C/c1c(Cl)nc2ccccn12)c1ccc(F)cc1. The van der Waals surface area contributed by atoms with Crippen LogP contribution < -0.4 is 5.32 Å². The second-order valence-corrected chi connectivity index (χ2v) is 6.53. The summed E-state index contributed by atoms with van der Waals surface area (Å²) in [4.78, 5) is 16.5. The third-order valence-corrected chi connectivity index (χ3v) is 4.19. The third-order valence-electron chi connectivity index (χ3n) is 3.92. The van der Waals surface area contributed by atoms with E-state index in [-0.39, 0.29) is 11.7 Å². The zero-order valence-corrected chi connectivity index (χ0v) is 14.6. The average Bonchev–Trinajstić information content (AvgIpc) is 2.88. The number of nitrogens with one attached hydrogen (secondary N) is 1. The maximum atomic E-state index is 13.1. The van der Waals surface area contributed by atoms with Crippen molar-refractivity contribution in [3.8, 4) is 0 Å². The molecule has 3 aromatic rings. The number of fused-ring (bicyclic) bond motifs is 1. The van der Waals surface area contributed by atoms with Gasteiger partial charge < -0.3 is 5.32 Å². The van der Waals surface area contributed by atoms with Crippen LogP contribution in [0.5, 0.6) is 0 Å². The molecule has 1 amide bonds. The van der Waals surface area contributed by atoms with E-state index >= 15 is 0 Å². The van der Waals surface area contributed by atoms with Crippen LogP contribution in [-0.4, -0.2) is 15.3 Å². The van der Waals surface area contributed by atoms with Gasteiger partial charge in [-0.15, -0.1) is 0 Å². The van der Waals surface area contributed by atoms with Gasteiger partial charge in [0, 0.05) is 12.3 Å². The van der Waals surface area contributed by atoms with Gasteiger partial charge in [0.2, 0.25) is 5.91 Å². The molecule has 25 heavy (non-hydrogen) atoms. The highest BCUT2D eigenvalue weighted by Crippen LogP contribution is 2.21. The predicted octanol–water partition coefficient (Wildman–Crippen LogP) is 4.19. The highest BCUT2D eigenvalue weighted by Gasteiger charge is 2.22. The van der Waals surface area contributed by atoms with Gasteiger partial charge in [0.05, 0.1) is 11.2 Å². The van der Waals surface area contributed by atoms with Crippen molar-refractivity contribution in [2.75, 3.05) is 0 Å². The van der Waals surface area contributed by atoms with Crippen molar-refractivity contribution < 1.29 is 9.18 Å². The Morgan fingerprint density at radius 3 is 2.68 bits per heavy atom. The number of carbonyl (C=O) groups excluding carboxylic acids is 1. The minimum atomic E-state index is -0.640. The molecule has 3 rings (SSSR count). The van der Waals surface area contributed by atoms with Crippen LogP contribution in [0.4, 0.5) is 4.39 Å². The monoisotopic (exact) mass is 357 g/mol. The average molecular weight is 358 g/mol. The number of imidazole rings is 1. The van der Waals surface area contributed by atoms with Crippen molar-refractivity contribution in [3.05, 3.63) is 77.0 Å². The van der Waals surface area contributed by atoms with Gasteiger partial charge in [-0.3, -0.25) is 9.20 Å². The fourth-order valence-corrected chi connectivity index (χ4v) is 2.82. The molecule has 0 saturated heterocycles. The van der Waals surface area contributed by atoms with Crippen molar-refractivity contribution in [2.45, 2.75) is 19.4 Å². The van der Waals surface area contributed by atoms with Crippen LogP contribution in [0.1, 0.15) is 25.1 Å². The largest absolute Gasteiger partial charge is 0.344 e. The van der Waals surface area contributed by atoms with E-state index in [9.17, 15) is 9.18 Å². The van der Waals surface area contributed by atoms with Crippen LogP contribution in [0, 0.1) is 5.82 Å². The molecule has 1 aromatic carbocycles. The summed E-state index contributed by atoms with van der Waals surface area (Å²) in [5.41, 5.74) is 1.51. The zero-order valence-electron chi connectivity index (χ0n) is 13.8. The Kier molecular flexibility index (Phi) is 4.59. The number of halogens is 2. The number of hydrogen-bond acceptors (Lipinski definition) is 2. The first-order valence-electron chi connectivity index (χ1n) is 7.76. The Morgan fingerprint density at radius 2 is 1.96 bits per heavy atom. The van der Waals surface area contributed by atoms with Crippen LogP contribution in [0.25, 0.3) is 11.7 Å². The van der Waals surface area contributed by atoms with Crippen molar-refractivity contribution in [2.24, 2.45) is 0 Å². The van der Waals surface area contributed by atoms with Crippen LogP contribution in [0.15, 0.2) is 54.7 Å². The number of amides is 1. The van der Waals surface area contributed by atoms with Crippen molar-refractivity contribution >= 4 is 29.2 Å². The van der Waals surface area contributed by atoms with E-state index in [0.717, 1.165) is 5.56 Å². The van der Waals surface area contributed by atoms with Crippen LogP contribution in [-0.2, 0) is 10.3 Å². The maximum absolute atomic E-state index is 13.1. The molecule has 0 radical (unpaired) electrons. The molecule has 0 bridgehead atoms. The maximum Gasteiger partial charge on any atom is 0.244 e. The summed E-state index contributed by atoms with van der Waals surface area (Å²) in [6, 6.07) is 11.6. The first-order chi connectivity index (χ1) is 11.9.